The number of likely N-dealkylation sites (tertiary alicyclic amines) is 1. The molecule has 0 spiro atoms. The van der Waals surface area contributed by atoms with Crippen molar-refractivity contribution in [3.8, 4) is 21.7 Å². The first kappa shape index (κ1) is 28.8. The van der Waals surface area contributed by atoms with Crippen molar-refractivity contribution in [1.29, 1.82) is 0 Å². The minimum Gasteiger partial charge on any atom is -0.479 e. The summed E-state index contributed by atoms with van der Waals surface area (Å²) >= 11 is 7.82. The fourth-order valence-electron chi connectivity index (χ4n) is 6.09. The molecule has 0 saturated carbocycles. The summed E-state index contributed by atoms with van der Waals surface area (Å²) in [5, 5.41) is 11.8. The summed E-state index contributed by atoms with van der Waals surface area (Å²) in [7, 11) is 2.16. The maximum Gasteiger partial charge on any atom is 0.337 e. The summed E-state index contributed by atoms with van der Waals surface area (Å²) < 4.78 is 9.45. The van der Waals surface area contributed by atoms with Crippen LogP contribution in [0, 0.1) is 13.8 Å². The Hall–Kier alpha value is -3.30. The van der Waals surface area contributed by atoms with Gasteiger partial charge in [0.1, 0.15) is 10.8 Å². The zero-order valence-corrected chi connectivity index (χ0v) is 26.3. The van der Waals surface area contributed by atoms with Gasteiger partial charge in [-0.3, -0.25) is 0 Å². The first-order chi connectivity index (χ1) is 19.9. The van der Waals surface area contributed by atoms with Crippen LogP contribution in [-0.4, -0.2) is 56.2 Å². The Balaban J connectivity index is 1.55. The molecule has 1 aliphatic rings. The summed E-state index contributed by atoms with van der Waals surface area (Å²) in [5.74, 6) is -0.00503. The second kappa shape index (κ2) is 10.8. The predicted octanol–water partition coefficient (Wildman–Crippen LogP) is 8.07. The highest BCUT2D eigenvalue weighted by Crippen LogP contribution is 2.44. The molecule has 2 aromatic heterocycles. The van der Waals surface area contributed by atoms with Gasteiger partial charge in [-0.25, -0.2) is 14.8 Å². The quantitative estimate of drug-likeness (QED) is 0.212. The molecule has 1 saturated heterocycles. The molecule has 0 bridgehead atoms. The van der Waals surface area contributed by atoms with Crippen molar-refractivity contribution >= 4 is 50.2 Å². The number of thiazole rings is 1. The van der Waals surface area contributed by atoms with Gasteiger partial charge in [-0.15, -0.1) is 11.3 Å². The molecule has 3 aromatic carbocycles. The summed E-state index contributed by atoms with van der Waals surface area (Å²) in [4.78, 5) is 25.0. The Labute approximate surface area is 254 Å². The number of hydrogen-bond acceptors (Lipinski definition) is 6. The van der Waals surface area contributed by atoms with Crippen LogP contribution in [0.4, 0.5) is 0 Å². The van der Waals surface area contributed by atoms with Gasteiger partial charge in [0.05, 0.1) is 26.9 Å². The van der Waals surface area contributed by atoms with Gasteiger partial charge >= 0.3 is 5.97 Å². The molecular formula is C33H35ClN4O3S. The van der Waals surface area contributed by atoms with E-state index in [-0.39, 0.29) is 0 Å². The first-order valence-corrected chi connectivity index (χ1v) is 15.4. The lowest BCUT2D eigenvalue weighted by Crippen LogP contribution is -2.28. The molecule has 1 N–H and O–H groups in total. The van der Waals surface area contributed by atoms with E-state index in [1.165, 1.54) is 0 Å². The van der Waals surface area contributed by atoms with Gasteiger partial charge in [0, 0.05) is 34.3 Å². The number of imidazole rings is 1. The van der Waals surface area contributed by atoms with Crippen LogP contribution in [0.1, 0.15) is 56.3 Å². The third-order valence-electron chi connectivity index (χ3n) is 7.86. The Morgan fingerprint density at radius 3 is 2.43 bits per heavy atom. The molecule has 1 unspecified atom stereocenters. The molecule has 0 radical (unpaired) electrons. The van der Waals surface area contributed by atoms with Gasteiger partial charge in [0.25, 0.3) is 0 Å². The number of fused-ring (bicyclic) bond motifs is 2. The average molecular weight is 603 g/mol. The van der Waals surface area contributed by atoms with Crippen LogP contribution in [0.15, 0.2) is 48.5 Å². The zero-order valence-electron chi connectivity index (χ0n) is 24.7. The number of carboxylic acid groups (broad SMARTS) is 1. The van der Waals surface area contributed by atoms with E-state index < -0.39 is 17.7 Å². The number of benzene rings is 3. The molecule has 1 fully saturated rings. The van der Waals surface area contributed by atoms with Crippen LogP contribution in [0.2, 0.25) is 5.02 Å². The maximum absolute atomic E-state index is 12.6. The number of ether oxygens (including phenoxy) is 1. The van der Waals surface area contributed by atoms with Crippen molar-refractivity contribution in [2.75, 3.05) is 20.1 Å². The second-order valence-electron chi connectivity index (χ2n) is 12.2. The number of carbonyl (C=O) groups is 1. The number of carboxylic acids is 1. The summed E-state index contributed by atoms with van der Waals surface area (Å²) in [6.07, 6.45) is -0.0500. The van der Waals surface area contributed by atoms with E-state index in [4.69, 9.17) is 26.3 Å². The Bertz CT molecular complexity index is 1820. The first-order valence-electron chi connectivity index (χ1n) is 14.2. The third-order valence-corrected chi connectivity index (χ3v) is 9.25. The summed E-state index contributed by atoms with van der Waals surface area (Å²) in [6, 6.07) is 16.2. The minimum atomic E-state index is -1.15. The van der Waals surface area contributed by atoms with Crippen LogP contribution >= 0.6 is 22.9 Å². The number of hydrogen-bond donors (Lipinski definition) is 1. The lowest BCUT2D eigenvalue weighted by atomic mass is 9.91. The average Bonchev–Trinajstić information content (AvgIpc) is 3.62. The van der Waals surface area contributed by atoms with Crippen LogP contribution < -0.4 is 0 Å². The van der Waals surface area contributed by atoms with Crippen LogP contribution in [0.3, 0.4) is 0 Å². The van der Waals surface area contributed by atoms with Gasteiger partial charge in [0.2, 0.25) is 0 Å². The molecule has 0 aliphatic carbocycles. The Kier molecular flexibility index (Phi) is 7.38. The van der Waals surface area contributed by atoms with Crippen molar-refractivity contribution in [3.05, 3.63) is 70.5 Å². The lowest BCUT2D eigenvalue weighted by molar-refractivity contribution is -0.160. The highest BCUT2D eigenvalue weighted by molar-refractivity contribution is 7.22. The third kappa shape index (κ3) is 5.33. The molecule has 9 heteroatoms. The van der Waals surface area contributed by atoms with Crippen molar-refractivity contribution in [3.63, 3.8) is 0 Å². The fourth-order valence-corrected chi connectivity index (χ4v) is 7.34. The number of halogens is 1. The van der Waals surface area contributed by atoms with Gasteiger partial charge in [-0.1, -0.05) is 23.7 Å². The number of nitrogens with zero attached hydrogens (tertiary/aromatic N) is 4. The van der Waals surface area contributed by atoms with Crippen LogP contribution in [-0.2, 0) is 9.53 Å². The fraction of sp³-hybridized carbons (Fsp3) is 0.364. The van der Waals surface area contributed by atoms with Gasteiger partial charge < -0.3 is 19.3 Å². The van der Waals surface area contributed by atoms with E-state index in [0.717, 1.165) is 73.8 Å². The molecule has 2 atom stereocenters. The summed E-state index contributed by atoms with van der Waals surface area (Å²) in [5.41, 5.74) is 6.41. The van der Waals surface area contributed by atoms with E-state index in [1.54, 1.807) is 11.3 Å². The molecule has 3 heterocycles. The maximum atomic E-state index is 12.6. The van der Waals surface area contributed by atoms with Gasteiger partial charge in [-0.2, -0.15) is 0 Å². The van der Waals surface area contributed by atoms with Crippen LogP contribution in [0.5, 0.6) is 0 Å². The van der Waals surface area contributed by atoms with Crippen LogP contribution in [0.25, 0.3) is 42.9 Å². The van der Waals surface area contributed by atoms with E-state index >= 15 is 0 Å². The summed E-state index contributed by atoms with van der Waals surface area (Å²) in [6.45, 7) is 11.7. The largest absolute Gasteiger partial charge is 0.479 e. The Morgan fingerprint density at radius 2 is 1.79 bits per heavy atom. The molecule has 0 amide bonds. The molecule has 5 aromatic rings. The standard InChI is InChI=1S/C33H35ClN4O3S/c1-18-15-25-30(28(20-7-10-22(34)11-8-20)27(18)29(32(39)40)41-33(3,4)5)42-31(36-25)21-9-12-24-26(16-21)38(19(2)35-24)23-13-14-37(6)17-23/h7-12,15-16,23,29H,13-14,17H2,1-6H3,(H,39,40)/t23?,29-/m0/s1. The monoisotopic (exact) mass is 602 g/mol. The molecular weight excluding hydrogens is 568 g/mol. The number of rotatable bonds is 6. The predicted molar refractivity (Wildman–Crippen MR) is 171 cm³/mol. The SMILES string of the molecule is Cc1cc2nc(-c3ccc4nc(C)n(C5CCN(C)C5)c4c3)sc2c(-c2ccc(Cl)cc2)c1[C@H](OC(C)(C)C)C(=O)O. The highest BCUT2D eigenvalue weighted by atomic mass is 35.5. The van der Waals surface area contributed by atoms with Crippen molar-refractivity contribution in [2.24, 2.45) is 0 Å². The number of aromatic nitrogens is 3. The van der Waals surface area contributed by atoms with Gasteiger partial charge in [0.15, 0.2) is 6.10 Å². The molecule has 42 heavy (non-hydrogen) atoms. The normalized spacial score (nSPS) is 17.0. The number of aryl methyl sites for hydroxylation is 2. The van der Waals surface area contributed by atoms with E-state index in [2.05, 4.69) is 41.6 Å². The Morgan fingerprint density at radius 1 is 1.07 bits per heavy atom. The highest BCUT2D eigenvalue weighted by Gasteiger charge is 2.32. The second-order valence-corrected chi connectivity index (χ2v) is 13.7. The number of likely N-dealkylation sites (N-methyl/N-ethyl adjacent to an activating group) is 1. The van der Waals surface area contributed by atoms with Gasteiger partial charge in [-0.05, 0) is 102 Å². The minimum absolute atomic E-state index is 0.392. The lowest BCUT2D eigenvalue weighted by Gasteiger charge is -2.28. The zero-order chi connectivity index (χ0) is 29.9. The molecule has 1 aliphatic heterocycles. The molecule has 218 valence electrons. The number of aliphatic carboxylic acids is 1. The van der Waals surface area contributed by atoms with E-state index in [0.29, 0.717) is 16.6 Å². The van der Waals surface area contributed by atoms with Crippen molar-refractivity contribution in [1.82, 2.24) is 19.4 Å². The van der Waals surface area contributed by atoms with E-state index in [9.17, 15) is 9.90 Å². The van der Waals surface area contributed by atoms with E-state index in [1.807, 2.05) is 58.0 Å². The van der Waals surface area contributed by atoms with Crippen molar-refractivity contribution in [2.45, 2.75) is 58.8 Å². The smallest absolute Gasteiger partial charge is 0.337 e. The molecule has 7 nitrogen and oxygen atoms in total. The topological polar surface area (TPSA) is 80.5 Å². The molecule has 6 rings (SSSR count). The van der Waals surface area contributed by atoms with Crippen molar-refractivity contribution < 1.29 is 14.6 Å².